The first-order valence-electron chi connectivity index (χ1n) is 7.35. The summed E-state index contributed by atoms with van der Waals surface area (Å²) in [6, 6.07) is 11.3. The molecule has 0 spiro atoms. The second-order valence-corrected chi connectivity index (χ2v) is 5.90. The number of ether oxygens (including phenoxy) is 1. The molecular weight excluding hydrogens is 326 g/mol. The van der Waals surface area contributed by atoms with Crippen molar-refractivity contribution in [2.45, 2.75) is 13.5 Å². The summed E-state index contributed by atoms with van der Waals surface area (Å²) in [6.45, 7) is 1.84. The Balaban J connectivity index is 1.72. The summed E-state index contributed by atoms with van der Waals surface area (Å²) < 4.78 is 11.0. The van der Waals surface area contributed by atoms with Crippen molar-refractivity contribution in [2.24, 2.45) is 0 Å². The number of hydrogen-bond donors (Lipinski definition) is 2. The summed E-state index contributed by atoms with van der Waals surface area (Å²) in [7, 11) is 1.63. The monoisotopic (exact) mass is 343 g/mol. The quantitative estimate of drug-likeness (QED) is 0.712. The predicted molar refractivity (Wildman–Crippen MR) is 93.6 cm³/mol. The van der Waals surface area contributed by atoms with Crippen molar-refractivity contribution in [3.8, 4) is 17.2 Å². The summed E-state index contributed by atoms with van der Waals surface area (Å²) in [6.07, 6.45) is 0. The van der Waals surface area contributed by atoms with E-state index in [9.17, 15) is 4.79 Å². The number of carbonyl (C=O) groups excluding carboxylic acids is 1. The minimum absolute atomic E-state index is 0.0927. The molecule has 2 heterocycles. The standard InChI is InChI=1S/C17H17N3O3S/c1-11(21)18-9-12-7-8-16(23-12)14-10-24-17(20-14)19-13-5-3-4-6-15(13)22-2/h3-8,10H,9H2,1-2H3,(H,18,21)(H,19,20). The van der Waals surface area contributed by atoms with E-state index in [1.54, 1.807) is 7.11 Å². The van der Waals surface area contributed by atoms with Gasteiger partial charge in [0.05, 0.1) is 19.3 Å². The van der Waals surface area contributed by atoms with Gasteiger partial charge in [0.1, 0.15) is 17.2 Å². The molecule has 1 amide bonds. The fourth-order valence-corrected chi connectivity index (χ4v) is 2.84. The average molecular weight is 343 g/mol. The van der Waals surface area contributed by atoms with Crippen LogP contribution in [0.3, 0.4) is 0 Å². The third-order valence-corrected chi connectivity index (χ3v) is 4.04. The fourth-order valence-electron chi connectivity index (χ4n) is 2.13. The SMILES string of the molecule is COc1ccccc1Nc1nc(-c2ccc(CNC(C)=O)o2)cs1. The van der Waals surface area contributed by atoms with Crippen LogP contribution in [-0.4, -0.2) is 18.0 Å². The molecule has 3 aromatic rings. The highest BCUT2D eigenvalue weighted by atomic mass is 32.1. The van der Waals surface area contributed by atoms with E-state index in [-0.39, 0.29) is 5.91 Å². The molecule has 0 aliphatic rings. The van der Waals surface area contributed by atoms with E-state index in [1.165, 1.54) is 18.3 Å². The number of rotatable bonds is 6. The molecule has 0 fully saturated rings. The number of furan rings is 1. The Bertz CT molecular complexity index is 841. The van der Waals surface area contributed by atoms with Gasteiger partial charge in [-0.2, -0.15) is 0 Å². The lowest BCUT2D eigenvalue weighted by molar-refractivity contribution is -0.119. The number of aromatic nitrogens is 1. The molecule has 0 radical (unpaired) electrons. The topological polar surface area (TPSA) is 76.4 Å². The van der Waals surface area contributed by atoms with Gasteiger partial charge in [0.25, 0.3) is 0 Å². The van der Waals surface area contributed by atoms with E-state index in [0.29, 0.717) is 18.1 Å². The van der Waals surface area contributed by atoms with Gasteiger partial charge in [-0.3, -0.25) is 4.79 Å². The zero-order chi connectivity index (χ0) is 16.9. The Morgan fingerprint density at radius 2 is 2.12 bits per heavy atom. The van der Waals surface area contributed by atoms with Crippen LogP contribution < -0.4 is 15.4 Å². The zero-order valence-corrected chi connectivity index (χ0v) is 14.1. The van der Waals surface area contributed by atoms with Gasteiger partial charge in [-0.1, -0.05) is 12.1 Å². The lowest BCUT2D eigenvalue weighted by Crippen LogP contribution is -2.18. The molecule has 0 saturated carbocycles. The molecule has 3 rings (SSSR count). The van der Waals surface area contributed by atoms with Crippen molar-refractivity contribution in [3.05, 3.63) is 47.5 Å². The molecule has 0 aliphatic heterocycles. The number of amides is 1. The van der Waals surface area contributed by atoms with Gasteiger partial charge in [0.2, 0.25) is 5.91 Å². The van der Waals surface area contributed by atoms with Crippen LogP contribution in [-0.2, 0) is 11.3 Å². The van der Waals surface area contributed by atoms with Crippen molar-refractivity contribution in [3.63, 3.8) is 0 Å². The molecule has 24 heavy (non-hydrogen) atoms. The highest BCUT2D eigenvalue weighted by Crippen LogP contribution is 2.31. The number of hydrogen-bond acceptors (Lipinski definition) is 6. The fraction of sp³-hybridized carbons (Fsp3) is 0.176. The van der Waals surface area contributed by atoms with Gasteiger partial charge in [-0.25, -0.2) is 4.98 Å². The second-order valence-electron chi connectivity index (χ2n) is 5.04. The largest absolute Gasteiger partial charge is 0.495 e. The maximum Gasteiger partial charge on any atom is 0.217 e. The Morgan fingerprint density at radius 1 is 1.29 bits per heavy atom. The minimum atomic E-state index is -0.0927. The third-order valence-electron chi connectivity index (χ3n) is 3.28. The summed E-state index contributed by atoms with van der Waals surface area (Å²) >= 11 is 1.48. The van der Waals surface area contributed by atoms with E-state index >= 15 is 0 Å². The molecule has 1 aromatic carbocycles. The van der Waals surface area contributed by atoms with E-state index in [1.807, 2.05) is 41.8 Å². The lowest BCUT2D eigenvalue weighted by atomic mass is 10.3. The molecule has 0 atom stereocenters. The molecule has 0 unspecified atom stereocenters. The highest BCUT2D eigenvalue weighted by Gasteiger charge is 2.11. The maximum atomic E-state index is 10.9. The Labute approximate surface area is 143 Å². The van der Waals surface area contributed by atoms with Crippen LogP contribution >= 0.6 is 11.3 Å². The van der Waals surface area contributed by atoms with Crippen LogP contribution in [0.15, 0.2) is 46.2 Å². The van der Waals surface area contributed by atoms with Gasteiger partial charge < -0.3 is 19.8 Å². The van der Waals surface area contributed by atoms with Gasteiger partial charge in [-0.05, 0) is 24.3 Å². The Kier molecular flexibility index (Phi) is 4.81. The first-order valence-corrected chi connectivity index (χ1v) is 8.23. The number of nitrogens with one attached hydrogen (secondary N) is 2. The van der Waals surface area contributed by atoms with Crippen LogP contribution in [0, 0.1) is 0 Å². The molecule has 6 nitrogen and oxygen atoms in total. The number of para-hydroxylation sites is 2. The number of carbonyl (C=O) groups is 1. The van der Waals surface area contributed by atoms with Crippen molar-refractivity contribution >= 4 is 28.1 Å². The normalized spacial score (nSPS) is 10.4. The van der Waals surface area contributed by atoms with Crippen LogP contribution in [0.5, 0.6) is 5.75 Å². The van der Waals surface area contributed by atoms with Crippen molar-refractivity contribution in [1.82, 2.24) is 10.3 Å². The lowest BCUT2D eigenvalue weighted by Gasteiger charge is -2.07. The van der Waals surface area contributed by atoms with Gasteiger partial charge >= 0.3 is 0 Å². The van der Waals surface area contributed by atoms with E-state index in [0.717, 1.165) is 22.3 Å². The third kappa shape index (κ3) is 3.75. The Hall–Kier alpha value is -2.80. The summed E-state index contributed by atoms with van der Waals surface area (Å²) in [5, 5.41) is 8.60. The number of methoxy groups -OCH3 is 1. The van der Waals surface area contributed by atoms with E-state index < -0.39 is 0 Å². The smallest absolute Gasteiger partial charge is 0.217 e. The van der Waals surface area contributed by atoms with Gasteiger partial charge in [0.15, 0.2) is 10.9 Å². The van der Waals surface area contributed by atoms with Crippen LogP contribution in [0.2, 0.25) is 0 Å². The first kappa shape index (κ1) is 16.1. The van der Waals surface area contributed by atoms with Crippen molar-refractivity contribution in [1.29, 1.82) is 0 Å². The van der Waals surface area contributed by atoms with Crippen molar-refractivity contribution in [2.75, 3.05) is 12.4 Å². The predicted octanol–water partition coefficient (Wildman–Crippen LogP) is 3.79. The molecule has 0 aliphatic carbocycles. The van der Waals surface area contributed by atoms with Crippen molar-refractivity contribution < 1.29 is 13.9 Å². The number of nitrogens with zero attached hydrogens (tertiary/aromatic N) is 1. The molecule has 2 aromatic heterocycles. The van der Waals surface area contributed by atoms with Crippen LogP contribution in [0.4, 0.5) is 10.8 Å². The molecule has 0 saturated heterocycles. The van der Waals surface area contributed by atoms with Gasteiger partial charge in [0, 0.05) is 12.3 Å². The molecule has 7 heteroatoms. The van der Waals surface area contributed by atoms with Crippen LogP contribution in [0.25, 0.3) is 11.5 Å². The highest BCUT2D eigenvalue weighted by molar-refractivity contribution is 7.14. The maximum absolute atomic E-state index is 10.9. The van der Waals surface area contributed by atoms with E-state index in [2.05, 4.69) is 15.6 Å². The number of thiazole rings is 1. The average Bonchev–Trinajstić information content (AvgIpc) is 3.22. The second kappa shape index (κ2) is 7.18. The molecule has 124 valence electrons. The molecular formula is C17H17N3O3S. The van der Waals surface area contributed by atoms with E-state index in [4.69, 9.17) is 9.15 Å². The summed E-state index contributed by atoms with van der Waals surface area (Å²) in [5.74, 6) is 2.02. The van der Waals surface area contributed by atoms with Gasteiger partial charge in [-0.15, -0.1) is 11.3 Å². The Morgan fingerprint density at radius 3 is 2.92 bits per heavy atom. The summed E-state index contributed by atoms with van der Waals surface area (Å²) in [4.78, 5) is 15.5. The van der Waals surface area contributed by atoms with Crippen LogP contribution in [0.1, 0.15) is 12.7 Å². The summed E-state index contributed by atoms with van der Waals surface area (Å²) in [5.41, 5.74) is 1.60. The minimum Gasteiger partial charge on any atom is -0.495 e. The molecule has 0 bridgehead atoms. The molecule has 2 N–H and O–H groups in total. The number of anilines is 2. The zero-order valence-electron chi connectivity index (χ0n) is 13.3. The first-order chi connectivity index (χ1) is 11.7. The number of benzene rings is 1.